The van der Waals surface area contributed by atoms with Crippen LogP contribution in [0, 0.1) is 3.57 Å². The van der Waals surface area contributed by atoms with Gasteiger partial charge in [-0.05, 0) is 50.7 Å². The van der Waals surface area contributed by atoms with Gasteiger partial charge in [0.15, 0.2) is 0 Å². The van der Waals surface area contributed by atoms with Crippen LogP contribution in [0.1, 0.15) is 10.4 Å². The number of aromatic carboxylic acids is 1. The van der Waals surface area contributed by atoms with E-state index in [9.17, 15) is 4.79 Å². The molecule has 1 aromatic heterocycles. The molecule has 0 atom stereocenters. The lowest BCUT2D eigenvalue weighted by atomic mass is 10.2. The number of carboxylic acids is 1. The van der Waals surface area contributed by atoms with Crippen molar-refractivity contribution in [2.45, 2.75) is 0 Å². The lowest BCUT2D eigenvalue weighted by Crippen LogP contribution is -1.96. The first-order valence-corrected chi connectivity index (χ1v) is 6.44. The summed E-state index contributed by atoms with van der Waals surface area (Å²) in [5, 5.41) is 11.9. The zero-order valence-electron chi connectivity index (χ0n) is 6.75. The predicted octanol–water partition coefficient (Wildman–Crippen LogP) is 3.97. The molecule has 0 aliphatic heterocycles. The number of carbonyl (C=O) groups is 1. The average Bonchev–Trinajstić information content (AvgIpc) is 2.48. The summed E-state index contributed by atoms with van der Waals surface area (Å²) in [4.78, 5) is 10.8. The molecule has 14 heavy (non-hydrogen) atoms. The first-order valence-electron chi connectivity index (χ1n) is 3.69. The van der Waals surface area contributed by atoms with Gasteiger partial charge in [-0.3, -0.25) is 0 Å². The van der Waals surface area contributed by atoms with E-state index in [2.05, 4.69) is 38.5 Å². The van der Waals surface area contributed by atoms with Crippen LogP contribution in [-0.2, 0) is 0 Å². The van der Waals surface area contributed by atoms with E-state index in [-0.39, 0.29) is 0 Å². The third-order valence-corrected chi connectivity index (χ3v) is 4.54. The van der Waals surface area contributed by atoms with Crippen LogP contribution in [0.15, 0.2) is 22.0 Å². The highest BCUT2D eigenvalue weighted by atomic mass is 127. The molecule has 0 bridgehead atoms. The number of thiophene rings is 1. The van der Waals surface area contributed by atoms with E-state index in [0.717, 1.165) is 18.1 Å². The molecular formula is C9H4BrIO2S. The van der Waals surface area contributed by atoms with Gasteiger partial charge in [-0.15, -0.1) is 11.3 Å². The molecule has 0 saturated carbocycles. The summed E-state index contributed by atoms with van der Waals surface area (Å²) in [5.74, 6) is -0.880. The summed E-state index contributed by atoms with van der Waals surface area (Å²) in [6.07, 6.45) is 0. The molecule has 2 rings (SSSR count). The number of fused-ring (bicyclic) bond motifs is 1. The predicted molar refractivity (Wildman–Crippen MR) is 69.2 cm³/mol. The largest absolute Gasteiger partial charge is 0.478 e. The number of halogens is 2. The van der Waals surface area contributed by atoms with E-state index in [1.807, 2.05) is 5.38 Å². The van der Waals surface area contributed by atoms with Crippen molar-refractivity contribution in [1.29, 1.82) is 0 Å². The van der Waals surface area contributed by atoms with Crippen LogP contribution in [0.5, 0.6) is 0 Å². The van der Waals surface area contributed by atoms with Crippen LogP contribution < -0.4 is 0 Å². The topological polar surface area (TPSA) is 37.3 Å². The third kappa shape index (κ3) is 1.68. The van der Waals surface area contributed by atoms with Crippen LogP contribution in [-0.4, -0.2) is 11.1 Å². The lowest BCUT2D eigenvalue weighted by molar-refractivity contribution is 0.0697. The fourth-order valence-electron chi connectivity index (χ4n) is 1.20. The Morgan fingerprint density at radius 1 is 1.50 bits per heavy atom. The highest BCUT2D eigenvalue weighted by Gasteiger charge is 2.10. The standard InChI is InChI=1S/C9H4BrIO2S/c10-5-3-14-7-2-4(9(12)13)1-6(11)8(5)7/h1-3H,(H,12,13). The molecule has 1 N–H and O–H groups in total. The Morgan fingerprint density at radius 3 is 2.86 bits per heavy atom. The average molecular weight is 383 g/mol. The Balaban J connectivity index is 2.80. The Hall–Kier alpha value is -0.140. The highest BCUT2D eigenvalue weighted by Crippen LogP contribution is 2.34. The highest BCUT2D eigenvalue weighted by molar-refractivity contribution is 14.1. The van der Waals surface area contributed by atoms with Crippen molar-refractivity contribution >= 4 is 65.9 Å². The second kappa shape index (κ2) is 3.79. The Bertz CT molecular complexity index is 521. The zero-order valence-corrected chi connectivity index (χ0v) is 11.3. The van der Waals surface area contributed by atoms with E-state index >= 15 is 0 Å². The van der Waals surface area contributed by atoms with Gasteiger partial charge in [0.2, 0.25) is 0 Å². The van der Waals surface area contributed by atoms with Gasteiger partial charge in [0.05, 0.1) is 5.56 Å². The van der Waals surface area contributed by atoms with Crippen molar-refractivity contribution in [3.8, 4) is 0 Å². The number of carboxylic acid groups (broad SMARTS) is 1. The number of rotatable bonds is 1. The van der Waals surface area contributed by atoms with Gasteiger partial charge in [-0.2, -0.15) is 0 Å². The lowest BCUT2D eigenvalue weighted by Gasteiger charge is -1.98. The molecule has 2 aromatic rings. The second-order valence-electron chi connectivity index (χ2n) is 2.72. The molecule has 0 aliphatic rings. The van der Waals surface area contributed by atoms with Crippen molar-refractivity contribution in [2.75, 3.05) is 0 Å². The maximum Gasteiger partial charge on any atom is 0.335 e. The summed E-state index contributed by atoms with van der Waals surface area (Å²) in [7, 11) is 0. The smallest absolute Gasteiger partial charge is 0.335 e. The summed E-state index contributed by atoms with van der Waals surface area (Å²) in [6, 6.07) is 3.39. The van der Waals surface area contributed by atoms with Crippen molar-refractivity contribution in [3.05, 3.63) is 31.1 Å². The van der Waals surface area contributed by atoms with Crippen molar-refractivity contribution in [1.82, 2.24) is 0 Å². The molecule has 2 nitrogen and oxygen atoms in total. The van der Waals surface area contributed by atoms with E-state index in [0.29, 0.717) is 5.56 Å². The van der Waals surface area contributed by atoms with E-state index in [4.69, 9.17) is 5.11 Å². The van der Waals surface area contributed by atoms with Crippen LogP contribution >= 0.6 is 49.9 Å². The summed E-state index contributed by atoms with van der Waals surface area (Å²) in [5.41, 5.74) is 0.344. The molecule has 1 aromatic carbocycles. The maximum absolute atomic E-state index is 10.8. The Labute approximate surface area is 106 Å². The zero-order chi connectivity index (χ0) is 10.3. The quantitative estimate of drug-likeness (QED) is 0.758. The van der Waals surface area contributed by atoms with E-state index in [1.165, 1.54) is 0 Å². The minimum atomic E-state index is -0.880. The van der Waals surface area contributed by atoms with Crippen molar-refractivity contribution in [2.24, 2.45) is 0 Å². The van der Waals surface area contributed by atoms with Gasteiger partial charge in [0, 0.05) is 23.5 Å². The second-order valence-corrected chi connectivity index (χ2v) is 5.65. The minimum Gasteiger partial charge on any atom is -0.478 e. The van der Waals surface area contributed by atoms with Gasteiger partial charge in [0.25, 0.3) is 0 Å². The fourth-order valence-corrected chi connectivity index (χ4v) is 4.39. The molecule has 0 unspecified atom stereocenters. The molecule has 0 saturated heterocycles. The van der Waals surface area contributed by atoms with E-state index in [1.54, 1.807) is 23.5 Å². The normalized spacial score (nSPS) is 10.7. The molecule has 0 aliphatic carbocycles. The van der Waals surface area contributed by atoms with Gasteiger partial charge in [-0.1, -0.05) is 0 Å². The molecule has 0 fully saturated rings. The van der Waals surface area contributed by atoms with Gasteiger partial charge in [0.1, 0.15) is 0 Å². The minimum absolute atomic E-state index is 0.344. The third-order valence-electron chi connectivity index (χ3n) is 1.83. The molecule has 5 heteroatoms. The fraction of sp³-hybridized carbons (Fsp3) is 0. The van der Waals surface area contributed by atoms with Gasteiger partial charge in [-0.25, -0.2) is 4.79 Å². The Kier molecular flexibility index (Phi) is 2.81. The van der Waals surface area contributed by atoms with E-state index < -0.39 is 5.97 Å². The van der Waals surface area contributed by atoms with Gasteiger partial charge < -0.3 is 5.11 Å². The van der Waals surface area contributed by atoms with Crippen molar-refractivity contribution in [3.63, 3.8) is 0 Å². The van der Waals surface area contributed by atoms with Crippen LogP contribution in [0.4, 0.5) is 0 Å². The number of hydrogen-bond donors (Lipinski definition) is 1. The Morgan fingerprint density at radius 2 is 2.21 bits per heavy atom. The maximum atomic E-state index is 10.8. The molecule has 0 spiro atoms. The van der Waals surface area contributed by atoms with Crippen LogP contribution in [0.3, 0.4) is 0 Å². The summed E-state index contributed by atoms with van der Waals surface area (Å²) >= 11 is 7.13. The van der Waals surface area contributed by atoms with Crippen LogP contribution in [0.25, 0.3) is 10.1 Å². The number of hydrogen-bond acceptors (Lipinski definition) is 2. The van der Waals surface area contributed by atoms with Gasteiger partial charge >= 0.3 is 5.97 Å². The van der Waals surface area contributed by atoms with Crippen LogP contribution in [0.2, 0.25) is 0 Å². The monoisotopic (exact) mass is 382 g/mol. The SMILES string of the molecule is O=C(O)c1cc(I)c2c(Br)csc2c1. The molecule has 0 amide bonds. The molecule has 1 heterocycles. The summed E-state index contributed by atoms with van der Waals surface area (Å²) in [6.45, 7) is 0. The summed E-state index contributed by atoms with van der Waals surface area (Å²) < 4.78 is 2.99. The first-order chi connectivity index (χ1) is 6.59. The number of benzene rings is 1. The molecule has 72 valence electrons. The molecule has 0 radical (unpaired) electrons. The van der Waals surface area contributed by atoms with Crippen molar-refractivity contribution < 1.29 is 9.90 Å². The first kappa shape index (κ1) is 10.4. The molecular weight excluding hydrogens is 379 g/mol.